The van der Waals surface area contributed by atoms with Crippen molar-refractivity contribution in [3.63, 3.8) is 0 Å². The highest BCUT2D eigenvalue weighted by Crippen LogP contribution is 2.26. The number of amides is 2. The maximum Gasteiger partial charge on any atom is 0.264 e. The molecule has 230 valence electrons. The average Bonchev–Trinajstić information content (AvgIpc) is 2.98. The van der Waals surface area contributed by atoms with Crippen molar-refractivity contribution in [2.75, 3.05) is 10.8 Å². The van der Waals surface area contributed by atoms with E-state index in [1.165, 1.54) is 4.90 Å². The largest absolute Gasteiger partial charge is 0.350 e. The highest BCUT2D eigenvalue weighted by molar-refractivity contribution is 7.92. The highest BCUT2D eigenvalue weighted by Gasteiger charge is 2.35. The molecule has 4 aromatic rings. The molecule has 0 fully saturated rings. The van der Waals surface area contributed by atoms with Crippen LogP contribution >= 0.6 is 0 Å². The third-order valence-electron chi connectivity index (χ3n) is 7.17. The Morgan fingerprint density at radius 2 is 1.23 bits per heavy atom. The van der Waals surface area contributed by atoms with Crippen molar-refractivity contribution in [2.45, 2.75) is 64.1 Å². The molecule has 4 rings (SSSR count). The number of aryl methyl sites for hydroxylation is 2. The van der Waals surface area contributed by atoms with Gasteiger partial charge in [-0.3, -0.25) is 13.9 Å². The number of nitrogens with one attached hydrogen (secondary N) is 1. The van der Waals surface area contributed by atoms with Crippen LogP contribution in [0.25, 0.3) is 0 Å². The van der Waals surface area contributed by atoms with E-state index < -0.39 is 34.1 Å². The van der Waals surface area contributed by atoms with Crippen molar-refractivity contribution in [1.82, 2.24) is 10.2 Å². The Morgan fingerprint density at radius 1 is 0.727 bits per heavy atom. The van der Waals surface area contributed by atoms with Gasteiger partial charge in [-0.05, 0) is 70.0 Å². The number of hydrogen-bond acceptors (Lipinski definition) is 4. The van der Waals surface area contributed by atoms with Crippen LogP contribution in [-0.2, 0) is 32.6 Å². The average molecular weight is 612 g/mol. The van der Waals surface area contributed by atoms with Gasteiger partial charge >= 0.3 is 0 Å². The third-order valence-corrected chi connectivity index (χ3v) is 8.96. The van der Waals surface area contributed by atoms with E-state index in [4.69, 9.17) is 0 Å². The van der Waals surface area contributed by atoms with Gasteiger partial charge in [-0.2, -0.15) is 0 Å². The van der Waals surface area contributed by atoms with Gasteiger partial charge in [0.2, 0.25) is 11.8 Å². The Morgan fingerprint density at radius 3 is 1.75 bits per heavy atom. The number of sulfonamides is 1. The summed E-state index contributed by atoms with van der Waals surface area (Å²) < 4.78 is 29.3. The maximum atomic E-state index is 14.5. The Bertz CT molecular complexity index is 1650. The molecule has 1 N–H and O–H groups in total. The van der Waals surface area contributed by atoms with Crippen molar-refractivity contribution >= 4 is 27.5 Å². The fraction of sp³-hybridized carbons (Fsp3) is 0.278. The molecule has 0 saturated heterocycles. The van der Waals surface area contributed by atoms with Crippen LogP contribution < -0.4 is 9.62 Å². The standard InChI is InChI=1S/C36H41N3O4S/c1-27-16-20-31(21-17-27)39(44(42,43)32-22-18-28(2)19-23-32)26-34(40)38(25-30-14-10-7-11-15-30)33(35(41)37-36(3,4)5)24-29-12-8-6-9-13-29/h6-23,33H,24-26H2,1-5H3,(H,37,41)/t33-/m1/s1. The van der Waals surface area contributed by atoms with Crippen LogP contribution in [0.3, 0.4) is 0 Å². The lowest BCUT2D eigenvalue weighted by molar-refractivity contribution is -0.140. The summed E-state index contributed by atoms with van der Waals surface area (Å²) in [6.07, 6.45) is 0.260. The summed E-state index contributed by atoms with van der Waals surface area (Å²) in [7, 11) is -4.13. The number of carbonyl (C=O) groups excluding carboxylic acids is 2. The number of rotatable bonds is 11. The second-order valence-corrected chi connectivity index (χ2v) is 14.0. The van der Waals surface area contributed by atoms with Gasteiger partial charge in [0.05, 0.1) is 10.6 Å². The van der Waals surface area contributed by atoms with Gasteiger partial charge in [-0.15, -0.1) is 0 Å². The van der Waals surface area contributed by atoms with E-state index in [1.807, 2.05) is 107 Å². The van der Waals surface area contributed by atoms with Crippen LogP contribution in [0.15, 0.2) is 114 Å². The quantitative estimate of drug-likeness (QED) is 0.224. The summed E-state index contributed by atoms with van der Waals surface area (Å²) in [4.78, 5) is 30.0. The van der Waals surface area contributed by atoms with Crippen LogP contribution in [0.1, 0.15) is 43.0 Å². The van der Waals surface area contributed by atoms with Gasteiger partial charge in [-0.25, -0.2) is 8.42 Å². The van der Waals surface area contributed by atoms with Crippen molar-refractivity contribution in [1.29, 1.82) is 0 Å². The predicted molar refractivity (Wildman–Crippen MR) is 176 cm³/mol. The minimum Gasteiger partial charge on any atom is -0.350 e. The number of anilines is 1. The summed E-state index contributed by atoms with van der Waals surface area (Å²) in [5.41, 5.74) is 3.41. The molecule has 2 amide bonds. The predicted octanol–water partition coefficient (Wildman–Crippen LogP) is 6.05. The third kappa shape index (κ3) is 8.57. The molecule has 0 radical (unpaired) electrons. The van der Waals surface area contributed by atoms with Crippen LogP contribution in [0.5, 0.6) is 0 Å². The Labute approximate surface area is 261 Å². The Hall–Kier alpha value is -4.43. The first-order valence-corrected chi connectivity index (χ1v) is 16.1. The maximum absolute atomic E-state index is 14.5. The van der Waals surface area contributed by atoms with Gasteiger partial charge in [0.15, 0.2) is 0 Å². The fourth-order valence-corrected chi connectivity index (χ4v) is 6.28. The van der Waals surface area contributed by atoms with Crippen LogP contribution in [0.2, 0.25) is 0 Å². The molecule has 4 aromatic carbocycles. The first-order chi connectivity index (χ1) is 20.8. The highest BCUT2D eigenvalue weighted by atomic mass is 32.2. The molecule has 0 spiro atoms. The van der Waals surface area contributed by atoms with Crippen molar-refractivity contribution in [3.8, 4) is 0 Å². The summed E-state index contributed by atoms with van der Waals surface area (Å²) in [5.74, 6) is -0.802. The van der Waals surface area contributed by atoms with E-state index in [9.17, 15) is 18.0 Å². The summed E-state index contributed by atoms with van der Waals surface area (Å²) in [6, 6.07) is 31.6. The normalized spacial score (nSPS) is 12.3. The Balaban J connectivity index is 1.80. The van der Waals surface area contributed by atoms with Crippen molar-refractivity contribution in [2.24, 2.45) is 0 Å². The molecule has 0 heterocycles. The van der Waals surface area contributed by atoms with Crippen LogP contribution in [-0.4, -0.2) is 43.3 Å². The smallest absolute Gasteiger partial charge is 0.264 e. The summed E-state index contributed by atoms with van der Waals surface area (Å²) in [5, 5.41) is 3.05. The fourth-order valence-electron chi connectivity index (χ4n) is 4.86. The summed E-state index contributed by atoms with van der Waals surface area (Å²) >= 11 is 0. The van der Waals surface area contributed by atoms with Crippen molar-refractivity contribution < 1.29 is 18.0 Å². The lowest BCUT2D eigenvalue weighted by Gasteiger charge is -2.35. The molecule has 0 aliphatic heterocycles. The molecule has 0 unspecified atom stereocenters. The lowest BCUT2D eigenvalue weighted by atomic mass is 10.0. The Kier molecular flexibility index (Phi) is 10.3. The first kappa shape index (κ1) is 32.5. The topological polar surface area (TPSA) is 86.8 Å². The molecule has 1 atom stereocenters. The number of nitrogens with zero attached hydrogens (tertiary/aromatic N) is 2. The van der Waals surface area contributed by atoms with Gasteiger partial charge in [0.25, 0.3) is 10.0 Å². The van der Waals surface area contributed by atoms with Gasteiger partial charge in [0.1, 0.15) is 12.6 Å². The lowest BCUT2D eigenvalue weighted by Crippen LogP contribution is -2.56. The second kappa shape index (κ2) is 13.9. The second-order valence-electron chi connectivity index (χ2n) is 12.1. The molecule has 0 bridgehead atoms. The zero-order chi connectivity index (χ0) is 31.9. The van der Waals surface area contributed by atoms with E-state index in [0.29, 0.717) is 5.69 Å². The minimum atomic E-state index is -4.13. The molecular weight excluding hydrogens is 570 g/mol. The van der Waals surface area contributed by atoms with Crippen LogP contribution in [0.4, 0.5) is 5.69 Å². The minimum absolute atomic E-state index is 0.0809. The number of hydrogen-bond donors (Lipinski definition) is 1. The zero-order valence-electron chi connectivity index (χ0n) is 26.0. The molecule has 0 aliphatic rings. The molecule has 0 saturated carbocycles. The van der Waals surface area contributed by atoms with Gasteiger partial charge in [0, 0.05) is 18.5 Å². The number of benzene rings is 4. The zero-order valence-corrected chi connectivity index (χ0v) is 26.8. The molecule has 8 heteroatoms. The molecular formula is C36H41N3O4S. The molecule has 0 aliphatic carbocycles. The SMILES string of the molecule is Cc1ccc(N(CC(=O)N(Cc2ccccc2)[C@H](Cc2ccccc2)C(=O)NC(C)(C)C)S(=O)(=O)c2ccc(C)cc2)cc1. The molecule has 7 nitrogen and oxygen atoms in total. The number of carbonyl (C=O) groups is 2. The van der Waals surface area contributed by atoms with E-state index in [2.05, 4.69) is 5.32 Å². The van der Waals surface area contributed by atoms with E-state index in [-0.39, 0.29) is 23.8 Å². The van der Waals surface area contributed by atoms with Gasteiger partial charge < -0.3 is 10.2 Å². The monoisotopic (exact) mass is 611 g/mol. The molecule has 0 aromatic heterocycles. The van der Waals surface area contributed by atoms with Gasteiger partial charge in [-0.1, -0.05) is 96.1 Å². The van der Waals surface area contributed by atoms with E-state index >= 15 is 0 Å². The van der Waals surface area contributed by atoms with Crippen LogP contribution in [0, 0.1) is 13.8 Å². The van der Waals surface area contributed by atoms with E-state index in [0.717, 1.165) is 26.6 Å². The van der Waals surface area contributed by atoms with E-state index in [1.54, 1.807) is 36.4 Å². The summed E-state index contributed by atoms with van der Waals surface area (Å²) in [6.45, 7) is 9.11. The first-order valence-electron chi connectivity index (χ1n) is 14.7. The van der Waals surface area contributed by atoms with Crippen molar-refractivity contribution in [3.05, 3.63) is 131 Å². The molecule has 44 heavy (non-hydrogen) atoms.